The molecule has 0 saturated heterocycles. The van der Waals surface area contributed by atoms with Gasteiger partial charge in [-0.1, -0.05) is 0 Å². The Morgan fingerprint density at radius 1 is 1.38 bits per heavy atom. The summed E-state index contributed by atoms with van der Waals surface area (Å²) in [5, 5.41) is 11.8. The van der Waals surface area contributed by atoms with Gasteiger partial charge < -0.3 is 10.1 Å². The van der Waals surface area contributed by atoms with E-state index < -0.39 is 24.6 Å². The van der Waals surface area contributed by atoms with Crippen molar-refractivity contribution in [1.82, 2.24) is 5.32 Å². The molecule has 0 saturated carbocycles. The van der Waals surface area contributed by atoms with E-state index in [-0.39, 0.29) is 0 Å². The van der Waals surface area contributed by atoms with Crippen molar-refractivity contribution in [2.75, 3.05) is 0 Å². The number of ether oxygens (including phenoxy) is 1. The van der Waals surface area contributed by atoms with Gasteiger partial charge in [0.1, 0.15) is 6.23 Å². The van der Waals surface area contributed by atoms with E-state index in [9.17, 15) is 23.1 Å². The molecule has 2 unspecified atom stereocenters. The molecule has 2 atom stereocenters. The molecule has 77 valence electrons. The van der Waals surface area contributed by atoms with Crippen LogP contribution in [0.2, 0.25) is 0 Å². The molecule has 13 heavy (non-hydrogen) atoms. The SMILES string of the molecule is CC([O])OC(C)NC(=O)C(F)(F)F. The van der Waals surface area contributed by atoms with Crippen molar-refractivity contribution >= 4 is 5.91 Å². The molecule has 0 aromatic carbocycles. The first-order valence-corrected chi connectivity index (χ1v) is 3.42. The zero-order chi connectivity index (χ0) is 10.6. The Bertz CT molecular complexity index is 180. The summed E-state index contributed by atoms with van der Waals surface area (Å²) in [5.41, 5.74) is 0. The number of nitrogens with one attached hydrogen (secondary N) is 1. The maximum Gasteiger partial charge on any atom is 0.471 e. The first kappa shape index (κ1) is 12.2. The number of hydrogen-bond donors (Lipinski definition) is 1. The lowest BCUT2D eigenvalue weighted by molar-refractivity contribution is -0.189. The molecule has 0 bridgehead atoms. The van der Waals surface area contributed by atoms with Crippen LogP contribution in [0.4, 0.5) is 13.2 Å². The highest BCUT2D eigenvalue weighted by molar-refractivity contribution is 5.81. The van der Waals surface area contributed by atoms with Crippen LogP contribution in [0.5, 0.6) is 0 Å². The topological polar surface area (TPSA) is 58.2 Å². The second-order valence-corrected chi connectivity index (χ2v) is 2.32. The Morgan fingerprint density at radius 3 is 2.15 bits per heavy atom. The quantitative estimate of drug-likeness (QED) is 0.685. The van der Waals surface area contributed by atoms with Crippen molar-refractivity contribution in [3.8, 4) is 0 Å². The maximum atomic E-state index is 11.6. The van der Waals surface area contributed by atoms with Crippen LogP contribution in [-0.2, 0) is 14.6 Å². The fourth-order valence-corrected chi connectivity index (χ4v) is 0.588. The third kappa shape index (κ3) is 5.42. The molecule has 1 N–H and O–H groups in total. The van der Waals surface area contributed by atoms with E-state index in [1.807, 2.05) is 0 Å². The number of halogens is 3. The number of carbonyl (C=O) groups excluding carboxylic acids is 1. The average molecular weight is 200 g/mol. The van der Waals surface area contributed by atoms with E-state index in [4.69, 9.17) is 0 Å². The lowest BCUT2D eigenvalue weighted by atomic mass is 10.5. The Labute approximate surface area is 72.7 Å². The largest absolute Gasteiger partial charge is 0.471 e. The maximum absolute atomic E-state index is 11.6. The molecule has 0 aliphatic rings. The second-order valence-electron chi connectivity index (χ2n) is 2.32. The van der Waals surface area contributed by atoms with Crippen LogP contribution in [-0.4, -0.2) is 24.6 Å². The van der Waals surface area contributed by atoms with Gasteiger partial charge in [0.05, 0.1) is 0 Å². The number of amides is 1. The van der Waals surface area contributed by atoms with Crippen LogP contribution in [0.25, 0.3) is 0 Å². The third-order valence-electron chi connectivity index (χ3n) is 0.988. The van der Waals surface area contributed by atoms with Crippen LogP contribution in [0, 0.1) is 0 Å². The van der Waals surface area contributed by atoms with Gasteiger partial charge in [0.15, 0.2) is 6.29 Å². The minimum Gasteiger partial charge on any atom is -0.327 e. The Kier molecular flexibility index (Phi) is 4.15. The van der Waals surface area contributed by atoms with Crippen molar-refractivity contribution in [2.45, 2.75) is 32.5 Å². The molecule has 1 amide bonds. The van der Waals surface area contributed by atoms with Gasteiger partial charge in [0.25, 0.3) is 0 Å². The van der Waals surface area contributed by atoms with E-state index >= 15 is 0 Å². The van der Waals surface area contributed by atoms with Gasteiger partial charge in [-0.2, -0.15) is 13.2 Å². The van der Waals surface area contributed by atoms with Crippen molar-refractivity contribution in [2.24, 2.45) is 0 Å². The molecule has 0 aliphatic heterocycles. The van der Waals surface area contributed by atoms with E-state index in [0.717, 1.165) is 13.8 Å². The fourth-order valence-electron chi connectivity index (χ4n) is 0.588. The van der Waals surface area contributed by atoms with Crippen molar-refractivity contribution in [1.29, 1.82) is 0 Å². The second kappa shape index (κ2) is 4.43. The van der Waals surface area contributed by atoms with Gasteiger partial charge >= 0.3 is 12.1 Å². The molecule has 0 rings (SSSR count). The highest BCUT2D eigenvalue weighted by Crippen LogP contribution is 2.14. The minimum absolute atomic E-state index is 1.11. The van der Waals surface area contributed by atoms with Crippen LogP contribution in [0.15, 0.2) is 0 Å². The minimum atomic E-state index is -4.95. The van der Waals surface area contributed by atoms with Gasteiger partial charge in [-0.05, 0) is 13.8 Å². The van der Waals surface area contributed by atoms with Crippen molar-refractivity contribution in [3.05, 3.63) is 0 Å². The smallest absolute Gasteiger partial charge is 0.327 e. The van der Waals surface area contributed by atoms with E-state index in [2.05, 4.69) is 4.74 Å². The number of alkyl halides is 3. The summed E-state index contributed by atoms with van der Waals surface area (Å²) in [7, 11) is 0. The van der Waals surface area contributed by atoms with Crippen LogP contribution in [0.1, 0.15) is 13.8 Å². The van der Waals surface area contributed by atoms with Crippen LogP contribution >= 0.6 is 0 Å². The summed E-state index contributed by atoms with van der Waals surface area (Å²) in [5.74, 6) is -2.12. The normalized spacial score (nSPS) is 16.5. The van der Waals surface area contributed by atoms with Gasteiger partial charge in [-0.3, -0.25) is 4.79 Å². The van der Waals surface area contributed by atoms with Gasteiger partial charge in [-0.25, -0.2) is 5.11 Å². The summed E-state index contributed by atoms with van der Waals surface area (Å²) in [6.45, 7) is 2.24. The van der Waals surface area contributed by atoms with Gasteiger partial charge in [0, 0.05) is 0 Å². The Hall–Kier alpha value is -0.820. The molecular formula is C6H9F3NO3. The summed E-state index contributed by atoms with van der Waals surface area (Å²) < 4.78 is 39.1. The van der Waals surface area contributed by atoms with Crippen LogP contribution < -0.4 is 5.32 Å². The van der Waals surface area contributed by atoms with E-state index in [1.54, 1.807) is 0 Å². The molecule has 0 aromatic heterocycles. The molecule has 0 aliphatic carbocycles. The fraction of sp³-hybridized carbons (Fsp3) is 0.833. The number of carbonyl (C=O) groups is 1. The lowest BCUT2D eigenvalue weighted by Gasteiger charge is -2.16. The van der Waals surface area contributed by atoms with Crippen molar-refractivity contribution in [3.63, 3.8) is 0 Å². The first-order chi connectivity index (χ1) is 5.73. The Balaban J connectivity index is 3.93. The van der Waals surface area contributed by atoms with Crippen LogP contribution in [0.3, 0.4) is 0 Å². The van der Waals surface area contributed by atoms with E-state index in [0.29, 0.717) is 0 Å². The molecule has 7 heteroatoms. The number of rotatable bonds is 3. The van der Waals surface area contributed by atoms with Gasteiger partial charge in [0.2, 0.25) is 0 Å². The predicted octanol–water partition coefficient (Wildman–Crippen LogP) is 0.804. The third-order valence-corrected chi connectivity index (χ3v) is 0.988. The summed E-state index contributed by atoms with van der Waals surface area (Å²) in [6, 6.07) is 0. The highest BCUT2D eigenvalue weighted by Gasteiger charge is 2.39. The summed E-state index contributed by atoms with van der Waals surface area (Å²) in [6.07, 6.45) is -7.69. The molecule has 0 aromatic rings. The average Bonchev–Trinajstić information content (AvgIpc) is 1.82. The predicted molar refractivity (Wildman–Crippen MR) is 34.9 cm³/mol. The van der Waals surface area contributed by atoms with Gasteiger partial charge in [-0.15, -0.1) is 0 Å². The lowest BCUT2D eigenvalue weighted by Crippen LogP contribution is -2.43. The molecule has 0 spiro atoms. The Morgan fingerprint density at radius 2 is 1.85 bits per heavy atom. The zero-order valence-electron chi connectivity index (χ0n) is 7.01. The highest BCUT2D eigenvalue weighted by atomic mass is 19.4. The van der Waals surface area contributed by atoms with Crippen molar-refractivity contribution < 1.29 is 27.8 Å². The number of hydrogen-bond acceptors (Lipinski definition) is 2. The molecule has 0 fully saturated rings. The standard InChI is InChI=1S/C6H9F3NO3/c1-3(13-4(2)11)10-5(12)6(7,8)9/h3-4H,1-2H3,(H,10,12). The molecule has 1 radical (unpaired) electrons. The zero-order valence-corrected chi connectivity index (χ0v) is 7.01. The summed E-state index contributed by atoms with van der Waals surface area (Å²) in [4.78, 5) is 10.2. The monoisotopic (exact) mass is 200 g/mol. The van der Waals surface area contributed by atoms with E-state index in [1.165, 1.54) is 5.32 Å². The summed E-state index contributed by atoms with van der Waals surface area (Å²) >= 11 is 0. The molecule has 4 nitrogen and oxygen atoms in total. The first-order valence-electron chi connectivity index (χ1n) is 3.42. The molecule has 0 heterocycles. The molecular weight excluding hydrogens is 191 g/mol.